The zero-order valence-electron chi connectivity index (χ0n) is 11.8. The molecular formula is C15H12Cl2N2O3. The van der Waals surface area contributed by atoms with Crippen molar-refractivity contribution < 1.29 is 9.72 Å². The maximum atomic E-state index is 12.3. The number of hydrogen-bond acceptors (Lipinski definition) is 3. The van der Waals surface area contributed by atoms with E-state index in [0.29, 0.717) is 21.8 Å². The minimum atomic E-state index is -0.471. The second-order valence-corrected chi connectivity index (χ2v) is 5.63. The highest BCUT2D eigenvalue weighted by Gasteiger charge is 2.16. The lowest BCUT2D eigenvalue weighted by Crippen LogP contribution is -2.14. The standard InChI is InChI=1S/C15H12Cl2N2O3/c1-8-5-11(19(21)22)6-9(2)14(8)18-15(20)12-4-3-10(16)7-13(12)17/h3-7H,1-2H3,(H,18,20). The van der Waals surface area contributed by atoms with Crippen LogP contribution in [0.25, 0.3) is 0 Å². The van der Waals surface area contributed by atoms with Crippen molar-refractivity contribution in [3.63, 3.8) is 0 Å². The van der Waals surface area contributed by atoms with Gasteiger partial charge in [-0.25, -0.2) is 0 Å². The highest BCUT2D eigenvalue weighted by Crippen LogP contribution is 2.28. The molecule has 0 aromatic heterocycles. The van der Waals surface area contributed by atoms with E-state index in [1.165, 1.54) is 24.3 Å². The Kier molecular flexibility index (Phi) is 4.68. The van der Waals surface area contributed by atoms with Crippen LogP contribution in [0.1, 0.15) is 21.5 Å². The molecular weight excluding hydrogens is 327 g/mol. The highest BCUT2D eigenvalue weighted by molar-refractivity contribution is 6.37. The predicted molar refractivity (Wildman–Crippen MR) is 87.0 cm³/mol. The zero-order valence-corrected chi connectivity index (χ0v) is 13.3. The molecule has 2 rings (SSSR count). The summed E-state index contributed by atoms with van der Waals surface area (Å²) in [6, 6.07) is 7.39. The third-order valence-corrected chi connectivity index (χ3v) is 3.69. The number of aryl methyl sites for hydroxylation is 2. The number of non-ortho nitro benzene ring substituents is 1. The van der Waals surface area contributed by atoms with E-state index in [1.807, 2.05) is 0 Å². The van der Waals surface area contributed by atoms with Crippen molar-refractivity contribution >= 4 is 40.5 Å². The Morgan fingerprint density at radius 1 is 1.14 bits per heavy atom. The number of rotatable bonds is 3. The molecule has 0 bridgehead atoms. The number of hydrogen-bond donors (Lipinski definition) is 1. The van der Waals surface area contributed by atoms with E-state index in [1.54, 1.807) is 19.9 Å². The van der Waals surface area contributed by atoms with Crippen LogP contribution in [0.3, 0.4) is 0 Å². The van der Waals surface area contributed by atoms with Crippen LogP contribution in [0.15, 0.2) is 30.3 Å². The Balaban J connectivity index is 2.34. The van der Waals surface area contributed by atoms with Crippen LogP contribution in [-0.2, 0) is 0 Å². The summed E-state index contributed by atoms with van der Waals surface area (Å²) in [4.78, 5) is 22.7. The van der Waals surface area contributed by atoms with Crippen molar-refractivity contribution in [1.82, 2.24) is 0 Å². The molecule has 2 aromatic carbocycles. The van der Waals surface area contributed by atoms with Crippen molar-refractivity contribution in [3.05, 3.63) is 67.2 Å². The molecule has 22 heavy (non-hydrogen) atoms. The number of amides is 1. The molecule has 114 valence electrons. The maximum absolute atomic E-state index is 12.3. The van der Waals surface area contributed by atoms with E-state index >= 15 is 0 Å². The van der Waals surface area contributed by atoms with Crippen molar-refractivity contribution in [2.45, 2.75) is 13.8 Å². The molecule has 5 nitrogen and oxygen atoms in total. The first-order chi connectivity index (χ1) is 10.3. The molecule has 0 fully saturated rings. The Morgan fingerprint density at radius 3 is 2.23 bits per heavy atom. The number of carbonyl (C=O) groups is 1. The summed E-state index contributed by atoms with van der Waals surface area (Å²) in [5.41, 5.74) is 2.00. The molecule has 0 aliphatic carbocycles. The summed E-state index contributed by atoms with van der Waals surface area (Å²) >= 11 is 11.8. The van der Waals surface area contributed by atoms with Crippen LogP contribution in [-0.4, -0.2) is 10.8 Å². The molecule has 0 heterocycles. The summed E-state index contributed by atoms with van der Waals surface area (Å²) in [6.45, 7) is 3.39. The van der Waals surface area contributed by atoms with Gasteiger partial charge in [-0.05, 0) is 43.2 Å². The molecule has 0 spiro atoms. The van der Waals surface area contributed by atoms with Crippen LogP contribution in [0.2, 0.25) is 10.0 Å². The highest BCUT2D eigenvalue weighted by atomic mass is 35.5. The van der Waals surface area contributed by atoms with Crippen LogP contribution >= 0.6 is 23.2 Å². The first-order valence-electron chi connectivity index (χ1n) is 6.31. The van der Waals surface area contributed by atoms with Gasteiger partial charge in [-0.15, -0.1) is 0 Å². The lowest BCUT2D eigenvalue weighted by atomic mass is 10.1. The first kappa shape index (κ1) is 16.3. The van der Waals surface area contributed by atoms with Gasteiger partial charge in [-0.1, -0.05) is 23.2 Å². The van der Waals surface area contributed by atoms with Gasteiger partial charge in [0.25, 0.3) is 11.6 Å². The molecule has 0 aliphatic heterocycles. The summed E-state index contributed by atoms with van der Waals surface area (Å²) in [6.07, 6.45) is 0. The van der Waals surface area contributed by atoms with E-state index in [2.05, 4.69) is 5.32 Å². The van der Waals surface area contributed by atoms with Gasteiger partial charge in [0.15, 0.2) is 0 Å². The first-order valence-corrected chi connectivity index (χ1v) is 7.07. The van der Waals surface area contributed by atoms with E-state index in [9.17, 15) is 14.9 Å². The van der Waals surface area contributed by atoms with Gasteiger partial charge in [0.1, 0.15) is 0 Å². The molecule has 2 aromatic rings. The number of nitro groups is 1. The van der Waals surface area contributed by atoms with E-state index in [-0.39, 0.29) is 16.3 Å². The van der Waals surface area contributed by atoms with Crippen molar-refractivity contribution in [2.24, 2.45) is 0 Å². The van der Waals surface area contributed by atoms with Crippen LogP contribution in [0.4, 0.5) is 11.4 Å². The lowest BCUT2D eigenvalue weighted by molar-refractivity contribution is -0.384. The van der Waals surface area contributed by atoms with Crippen molar-refractivity contribution in [2.75, 3.05) is 5.32 Å². The van der Waals surface area contributed by atoms with Crippen LogP contribution in [0.5, 0.6) is 0 Å². The summed E-state index contributed by atoms with van der Waals surface area (Å²) in [5, 5.41) is 14.2. The van der Waals surface area contributed by atoms with Crippen LogP contribution in [0, 0.1) is 24.0 Å². The largest absolute Gasteiger partial charge is 0.321 e. The molecule has 0 radical (unpaired) electrons. The third-order valence-electron chi connectivity index (χ3n) is 3.14. The van der Waals surface area contributed by atoms with Crippen molar-refractivity contribution in [3.8, 4) is 0 Å². The number of anilines is 1. The van der Waals surface area contributed by atoms with E-state index in [0.717, 1.165) is 0 Å². The number of carbonyl (C=O) groups excluding carboxylic acids is 1. The second-order valence-electron chi connectivity index (χ2n) is 4.79. The molecule has 1 N–H and O–H groups in total. The Hall–Kier alpha value is -2.11. The molecule has 1 amide bonds. The average Bonchev–Trinajstić information content (AvgIpc) is 2.42. The van der Waals surface area contributed by atoms with E-state index < -0.39 is 10.8 Å². The number of nitro benzene ring substituents is 1. The molecule has 0 saturated heterocycles. The number of nitrogens with one attached hydrogen (secondary N) is 1. The molecule has 7 heteroatoms. The van der Waals surface area contributed by atoms with Gasteiger partial charge < -0.3 is 5.32 Å². The Bertz CT molecular complexity index is 752. The second kappa shape index (κ2) is 6.34. The minimum absolute atomic E-state index is 0.0162. The van der Waals surface area contributed by atoms with Gasteiger partial charge in [-0.2, -0.15) is 0 Å². The number of halogens is 2. The fourth-order valence-electron chi connectivity index (χ4n) is 2.10. The fraction of sp³-hybridized carbons (Fsp3) is 0.133. The third kappa shape index (κ3) is 3.37. The zero-order chi connectivity index (χ0) is 16.4. The smallest absolute Gasteiger partial charge is 0.270 e. The average molecular weight is 339 g/mol. The SMILES string of the molecule is Cc1cc([N+](=O)[O-])cc(C)c1NC(=O)c1ccc(Cl)cc1Cl. The van der Waals surface area contributed by atoms with Gasteiger partial charge in [0.05, 0.1) is 15.5 Å². The quantitative estimate of drug-likeness (QED) is 0.647. The van der Waals surface area contributed by atoms with E-state index in [4.69, 9.17) is 23.2 Å². The molecule has 0 aliphatic rings. The monoisotopic (exact) mass is 338 g/mol. The summed E-state index contributed by atoms with van der Waals surface area (Å²) in [7, 11) is 0. The Morgan fingerprint density at radius 2 is 1.73 bits per heavy atom. The number of benzene rings is 2. The number of nitrogens with zero attached hydrogens (tertiary/aromatic N) is 1. The topological polar surface area (TPSA) is 72.2 Å². The normalized spacial score (nSPS) is 10.4. The van der Waals surface area contributed by atoms with Crippen molar-refractivity contribution in [1.29, 1.82) is 0 Å². The molecule has 0 atom stereocenters. The van der Waals surface area contributed by atoms with Gasteiger partial charge in [-0.3, -0.25) is 14.9 Å². The fourth-order valence-corrected chi connectivity index (χ4v) is 2.59. The van der Waals surface area contributed by atoms with Gasteiger partial charge in [0, 0.05) is 22.8 Å². The van der Waals surface area contributed by atoms with Gasteiger partial charge in [0.2, 0.25) is 0 Å². The van der Waals surface area contributed by atoms with Crippen LogP contribution < -0.4 is 5.32 Å². The van der Waals surface area contributed by atoms with Gasteiger partial charge >= 0.3 is 0 Å². The summed E-state index contributed by atoms with van der Waals surface area (Å²) < 4.78 is 0. The minimum Gasteiger partial charge on any atom is -0.321 e. The lowest BCUT2D eigenvalue weighted by Gasteiger charge is -2.12. The predicted octanol–water partition coefficient (Wildman–Crippen LogP) is 4.77. The molecule has 0 unspecified atom stereocenters. The molecule has 0 saturated carbocycles. The maximum Gasteiger partial charge on any atom is 0.270 e. The Labute approximate surface area is 137 Å². The summed E-state index contributed by atoms with van der Waals surface area (Å²) in [5.74, 6) is -0.401.